The summed E-state index contributed by atoms with van der Waals surface area (Å²) < 4.78 is 12.2. The lowest BCUT2D eigenvalue weighted by molar-refractivity contribution is 0.301. The van der Waals surface area contributed by atoms with E-state index in [1.54, 1.807) is 7.11 Å². The van der Waals surface area contributed by atoms with Crippen molar-refractivity contribution in [3.05, 3.63) is 58.1 Å². The normalized spacial score (nSPS) is 12.0. The van der Waals surface area contributed by atoms with Crippen molar-refractivity contribution in [2.45, 2.75) is 26.0 Å². The molecular weight excluding hydrogens is 330 g/mol. The zero-order chi connectivity index (χ0) is 15.2. The van der Waals surface area contributed by atoms with Gasteiger partial charge < -0.3 is 15.2 Å². The second-order valence-corrected chi connectivity index (χ2v) is 5.99. The van der Waals surface area contributed by atoms with Gasteiger partial charge in [-0.05, 0) is 54.8 Å². The molecule has 0 amide bonds. The van der Waals surface area contributed by atoms with Gasteiger partial charge in [-0.15, -0.1) is 0 Å². The quantitative estimate of drug-likeness (QED) is 0.859. The van der Waals surface area contributed by atoms with Crippen LogP contribution in [0.1, 0.15) is 18.1 Å². The van der Waals surface area contributed by atoms with E-state index in [1.807, 2.05) is 43.3 Å². The van der Waals surface area contributed by atoms with E-state index in [-0.39, 0.29) is 6.04 Å². The predicted molar refractivity (Wildman–Crippen MR) is 88.8 cm³/mol. The Morgan fingerprint density at radius 2 is 2.00 bits per heavy atom. The average molecular weight is 350 g/mol. The number of rotatable bonds is 6. The van der Waals surface area contributed by atoms with Gasteiger partial charge in [0.2, 0.25) is 0 Å². The van der Waals surface area contributed by atoms with E-state index in [1.165, 1.54) is 0 Å². The highest BCUT2D eigenvalue weighted by Gasteiger charge is 2.08. The van der Waals surface area contributed by atoms with Crippen LogP contribution in [0, 0.1) is 0 Å². The Morgan fingerprint density at radius 1 is 1.19 bits per heavy atom. The molecule has 1 unspecified atom stereocenters. The summed E-state index contributed by atoms with van der Waals surface area (Å²) in [6.45, 7) is 2.50. The SMILES string of the molecule is COc1cccc(COc2ccc(Br)cc2CC(C)N)c1. The number of benzene rings is 2. The Labute approximate surface area is 134 Å². The predicted octanol–water partition coefficient (Wildman–Crippen LogP) is 3.93. The van der Waals surface area contributed by atoms with Crippen LogP contribution in [0.2, 0.25) is 0 Å². The summed E-state index contributed by atoms with van der Waals surface area (Å²) in [6.07, 6.45) is 0.785. The molecular formula is C17H20BrNO2. The first-order valence-corrected chi connectivity index (χ1v) is 7.67. The molecule has 0 aliphatic carbocycles. The zero-order valence-corrected chi connectivity index (χ0v) is 13.9. The average Bonchev–Trinajstić information content (AvgIpc) is 2.46. The minimum atomic E-state index is 0.0958. The first kappa shape index (κ1) is 15.9. The van der Waals surface area contributed by atoms with Gasteiger partial charge in [0.05, 0.1) is 7.11 Å². The molecule has 2 N–H and O–H groups in total. The van der Waals surface area contributed by atoms with Crippen molar-refractivity contribution in [2.24, 2.45) is 5.73 Å². The molecule has 1 atom stereocenters. The Bertz CT molecular complexity index is 599. The summed E-state index contributed by atoms with van der Waals surface area (Å²) in [7, 11) is 1.66. The summed E-state index contributed by atoms with van der Waals surface area (Å²) in [5.41, 5.74) is 8.09. The van der Waals surface area contributed by atoms with Crippen LogP contribution in [0.5, 0.6) is 11.5 Å². The van der Waals surface area contributed by atoms with Crippen LogP contribution >= 0.6 is 15.9 Å². The van der Waals surface area contributed by atoms with Crippen molar-refractivity contribution >= 4 is 15.9 Å². The van der Waals surface area contributed by atoms with Crippen LogP contribution < -0.4 is 15.2 Å². The fraction of sp³-hybridized carbons (Fsp3) is 0.294. The topological polar surface area (TPSA) is 44.5 Å². The summed E-state index contributed by atoms with van der Waals surface area (Å²) in [6, 6.07) is 14.0. The molecule has 0 aliphatic heterocycles. The van der Waals surface area contributed by atoms with Crippen LogP contribution in [-0.4, -0.2) is 13.2 Å². The molecule has 2 rings (SSSR count). The van der Waals surface area contributed by atoms with Gasteiger partial charge >= 0.3 is 0 Å². The molecule has 0 saturated carbocycles. The van der Waals surface area contributed by atoms with E-state index in [0.717, 1.165) is 33.5 Å². The van der Waals surface area contributed by atoms with Crippen molar-refractivity contribution in [3.63, 3.8) is 0 Å². The van der Waals surface area contributed by atoms with E-state index in [4.69, 9.17) is 15.2 Å². The molecule has 0 fully saturated rings. The van der Waals surface area contributed by atoms with Gasteiger partial charge in [0.1, 0.15) is 18.1 Å². The highest BCUT2D eigenvalue weighted by Crippen LogP contribution is 2.25. The third-order valence-corrected chi connectivity index (χ3v) is 3.59. The number of hydrogen-bond donors (Lipinski definition) is 1. The van der Waals surface area contributed by atoms with Crippen molar-refractivity contribution in [1.29, 1.82) is 0 Å². The molecule has 112 valence electrons. The maximum Gasteiger partial charge on any atom is 0.123 e. The molecule has 0 aliphatic rings. The molecule has 0 radical (unpaired) electrons. The van der Waals surface area contributed by atoms with Crippen molar-refractivity contribution in [1.82, 2.24) is 0 Å². The molecule has 0 spiro atoms. The summed E-state index contributed by atoms with van der Waals surface area (Å²) in [5.74, 6) is 1.71. The first-order chi connectivity index (χ1) is 10.1. The Morgan fingerprint density at radius 3 is 2.71 bits per heavy atom. The monoisotopic (exact) mass is 349 g/mol. The Hall–Kier alpha value is -1.52. The lowest BCUT2D eigenvalue weighted by Crippen LogP contribution is -2.18. The standard InChI is InChI=1S/C17H20BrNO2/c1-12(19)8-14-10-15(18)6-7-17(14)21-11-13-4-3-5-16(9-13)20-2/h3-7,9-10,12H,8,11,19H2,1-2H3. The minimum absolute atomic E-state index is 0.0958. The van der Waals surface area contributed by atoms with Gasteiger partial charge in [0.25, 0.3) is 0 Å². The van der Waals surface area contributed by atoms with Gasteiger partial charge in [0, 0.05) is 10.5 Å². The molecule has 2 aromatic carbocycles. The highest BCUT2D eigenvalue weighted by molar-refractivity contribution is 9.10. The van der Waals surface area contributed by atoms with E-state index >= 15 is 0 Å². The second-order valence-electron chi connectivity index (χ2n) is 5.07. The van der Waals surface area contributed by atoms with Crippen molar-refractivity contribution in [3.8, 4) is 11.5 Å². The third kappa shape index (κ3) is 4.76. The number of ether oxygens (including phenoxy) is 2. The van der Waals surface area contributed by atoms with Crippen LogP contribution in [-0.2, 0) is 13.0 Å². The minimum Gasteiger partial charge on any atom is -0.497 e. The molecule has 0 aromatic heterocycles. The Balaban J connectivity index is 2.11. The van der Waals surface area contributed by atoms with Crippen LogP contribution in [0.4, 0.5) is 0 Å². The van der Waals surface area contributed by atoms with Gasteiger partial charge in [-0.3, -0.25) is 0 Å². The summed E-state index contributed by atoms with van der Waals surface area (Å²) >= 11 is 3.49. The summed E-state index contributed by atoms with van der Waals surface area (Å²) in [4.78, 5) is 0. The van der Waals surface area contributed by atoms with Crippen LogP contribution in [0.15, 0.2) is 46.9 Å². The van der Waals surface area contributed by atoms with E-state index < -0.39 is 0 Å². The number of halogens is 1. The molecule has 21 heavy (non-hydrogen) atoms. The van der Waals surface area contributed by atoms with Gasteiger partial charge in [-0.25, -0.2) is 0 Å². The van der Waals surface area contributed by atoms with Crippen molar-refractivity contribution < 1.29 is 9.47 Å². The molecule has 0 saturated heterocycles. The van der Waals surface area contributed by atoms with Crippen LogP contribution in [0.3, 0.4) is 0 Å². The van der Waals surface area contributed by atoms with Gasteiger partial charge in [-0.2, -0.15) is 0 Å². The summed E-state index contributed by atoms with van der Waals surface area (Å²) in [5, 5.41) is 0. The number of nitrogens with two attached hydrogens (primary N) is 1. The van der Waals surface area contributed by atoms with Crippen molar-refractivity contribution in [2.75, 3.05) is 7.11 Å². The maximum atomic E-state index is 5.95. The fourth-order valence-electron chi connectivity index (χ4n) is 2.12. The maximum absolute atomic E-state index is 5.95. The van der Waals surface area contributed by atoms with Gasteiger partial charge in [0.15, 0.2) is 0 Å². The van der Waals surface area contributed by atoms with Crippen LogP contribution in [0.25, 0.3) is 0 Å². The lowest BCUT2D eigenvalue weighted by Gasteiger charge is -2.14. The molecule has 4 heteroatoms. The van der Waals surface area contributed by atoms with E-state index in [0.29, 0.717) is 6.61 Å². The first-order valence-electron chi connectivity index (χ1n) is 6.88. The fourth-order valence-corrected chi connectivity index (χ4v) is 2.53. The van der Waals surface area contributed by atoms with Gasteiger partial charge in [-0.1, -0.05) is 28.1 Å². The molecule has 2 aromatic rings. The zero-order valence-electron chi connectivity index (χ0n) is 12.3. The number of methoxy groups -OCH3 is 1. The molecule has 3 nitrogen and oxygen atoms in total. The second kappa shape index (κ2) is 7.48. The number of hydrogen-bond acceptors (Lipinski definition) is 3. The largest absolute Gasteiger partial charge is 0.497 e. The Kier molecular flexibility index (Phi) is 5.65. The molecule has 0 bridgehead atoms. The third-order valence-electron chi connectivity index (χ3n) is 3.09. The smallest absolute Gasteiger partial charge is 0.123 e. The van der Waals surface area contributed by atoms with E-state index in [9.17, 15) is 0 Å². The highest BCUT2D eigenvalue weighted by atomic mass is 79.9. The molecule has 0 heterocycles. The van der Waals surface area contributed by atoms with E-state index in [2.05, 4.69) is 22.0 Å². The lowest BCUT2D eigenvalue weighted by atomic mass is 10.1.